The van der Waals surface area contributed by atoms with Crippen LogP contribution in [0.25, 0.3) is 5.69 Å². The molecule has 7 nitrogen and oxygen atoms in total. The molecule has 1 N–H and O–H groups in total. The minimum absolute atomic E-state index is 0.0230. The molecule has 2 aromatic carbocycles. The second kappa shape index (κ2) is 8.35. The molecule has 1 atom stereocenters. The third kappa shape index (κ3) is 4.49. The molecular weight excluding hydrogens is 435 g/mol. The highest BCUT2D eigenvalue weighted by atomic mass is 35.5. The van der Waals surface area contributed by atoms with Gasteiger partial charge in [0.15, 0.2) is 0 Å². The van der Waals surface area contributed by atoms with Crippen molar-refractivity contribution >= 4 is 33.2 Å². The highest BCUT2D eigenvalue weighted by Gasteiger charge is 2.19. The number of aromatic nitrogens is 2. The molecule has 0 aliphatic heterocycles. The molecule has 0 aliphatic rings. The molecule has 1 heterocycles. The molecule has 1 unspecified atom stereocenters. The minimum Gasteiger partial charge on any atom is -0.266 e. The Balaban J connectivity index is 1.84. The van der Waals surface area contributed by atoms with Gasteiger partial charge in [-0.1, -0.05) is 35.3 Å². The molecule has 1 aromatic heterocycles. The number of halogens is 2. The Morgan fingerprint density at radius 1 is 1.10 bits per heavy atom. The number of hydrogen-bond acceptors (Lipinski definition) is 5. The first-order chi connectivity index (χ1) is 13.7. The zero-order chi connectivity index (χ0) is 21.2. The summed E-state index contributed by atoms with van der Waals surface area (Å²) < 4.78 is 28.9. The van der Waals surface area contributed by atoms with Crippen LogP contribution in [0.3, 0.4) is 0 Å². The normalized spacial score (nSPS) is 12.3. The summed E-state index contributed by atoms with van der Waals surface area (Å²) >= 11 is 11.6. The second-order valence-corrected chi connectivity index (χ2v) is 8.59. The lowest BCUT2D eigenvalue weighted by Gasteiger charge is -2.15. The Morgan fingerprint density at radius 3 is 2.31 bits per heavy atom. The van der Waals surface area contributed by atoms with Crippen molar-refractivity contribution in [2.45, 2.75) is 17.9 Å². The highest BCUT2D eigenvalue weighted by molar-refractivity contribution is 7.89. The van der Waals surface area contributed by atoms with E-state index in [4.69, 9.17) is 28.5 Å². The van der Waals surface area contributed by atoms with Crippen LogP contribution in [-0.4, -0.2) is 18.2 Å². The zero-order valence-corrected chi connectivity index (χ0v) is 17.3. The molecule has 0 bridgehead atoms. The summed E-state index contributed by atoms with van der Waals surface area (Å²) in [4.78, 5) is 12.2. The van der Waals surface area contributed by atoms with Crippen molar-refractivity contribution in [1.29, 1.82) is 5.26 Å². The van der Waals surface area contributed by atoms with Gasteiger partial charge in [-0.25, -0.2) is 13.1 Å². The van der Waals surface area contributed by atoms with Crippen LogP contribution in [0.4, 0.5) is 0 Å². The number of nitrogens with one attached hydrogen (secondary N) is 1. The van der Waals surface area contributed by atoms with Crippen LogP contribution in [0.1, 0.15) is 24.1 Å². The summed E-state index contributed by atoms with van der Waals surface area (Å²) in [5, 5.41) is 12.6. The standard InChI is InChI=1S/C19H14Cl2N4O3S/c1-12(14-4-2-13(10-22)3-5-14)24-29(27,28)16-8-6-15(7-9-16)25-19(26)18(21)17(20)11-23-25/h2-9,11-12,24H,1H3. The van der Waals surface area contributed by atoms with Crippen molar-refractivity contribution in [1.82, 2.24) is 14.5 Å². The summed E-state index contributed by atoms with van der Waals surface area (Å²) in [6, 6.07) is 13.7. The fourth-order valence-corrected chi connectivity index (χ4v) is 4.06. The van der Waals surface area contributed by atoms with Gasteiger partial charge in [-0.15, -0.1) is 0 Å². The monoisotopic (exact) mass is 448 g/mol. The van der Waals surface area contributed by atoms with Gasteiger partial charge in [0.2, 0.25) is 10.0 Å². The first kappa shape index (κ1) is 21.0. The smallest absolute Gasteiger partial charge is 0.266 e. The zero-order valence-electron chi connectivity index (χ0n) is 15.0. The van der Waals surface area contributed by atoms with E-state index in [1.807, 2.05) is 6.07 Å². The lowest BCUT2D eigenvalue weighted by molar-refractivity contribution is 0.567. The highest BCUT2D eigenvalue weighted by Crippen LogP contribution is 2.20. The number of nitriles is 1. The number of sulfonamides is 1. The summed E-state index contributed by atoms with van der Waals surface area (Å²) in [5.41, 5.74) is 0.941. The minimum atomic E-state index is -3.82. The van der Waals surface area contributed by atoms with Crippen LogP contribution in [0.15, 0.2) is 64.4 Å². The molecule has 3 aromatic rings. The molecule has 0 amide bonds. The first-order valence-electron chi connectivity index (χ1n) is 8.29. The van der Waals surface area contributed by atoms with Gasteiger partial charge >= 0.3 is 0 Å². The van der Waals surface area contributed by atoms with Crippen molar-refractivity contribution < 1.29 is 8.42 Å². The lowest BCUT2D eigenvalue weighted by Crippen LogP contribution is -2.27. The molecule has 0 saturated heterocycles. The van der Waals surface area contributed by atoms with Crippen LogP contribution in [-0.2, 0) is 10.0 Å². The molecular formula is C19H14Cl2N4O3S. The Hall–Kier alpha value is -2.70. The van der Waals surface area contributed by atoms with E-state index in [0.29, 0.717) is 11.3 Å². The van der Waals surface area contributed by atoms with Gasteiger partial charge in [0, 0.05) is 6.04 Å². The van der Waals surface area contributed by atoms with Gasteiger partial charge in [-0.2, -0.15) is 15.0 Å². The van der Waals surface area contributed by atoms with Crippen LogP contribution < -0.4 is 10.3 Å². The van der Waals surface area contributed by atoms with Gasteiger partial charge < -0.3 is 0 Å². The van der Waals surface area contributed by atoms with Crippen molar-refractivity contribution in [3.63, 3.8) is 0 Å². The maximum absolute atomic E-state index is 12.7. The van der Waals surface area contributed by atoms with Gasteiger partial charge in [0.05, 0.1) is 33.4 Å². The van der Waals surface area contributed by atoms with Crippen LogP contribution >= 0.6 is 23.2 Å². The topological polar surface area (TPSA) is 105 Å². The largest absolute Gasteiger partial charge is 0.291 e. The van der Waals surface area contributed by atoms with E-state index >= 15 is 0 Å². The fourth-order valence-electron chi connectivity index (χ4n) is 2.58. The van der Waals surface area contributed by atoms with Gasteiger partial charge in [-0.05, 0) is 48.9 Å². The second-order valence-electron chi connectivity index (χ2n) is 6.09. The molecule has 0 saturated carbocycles. The Labute approximate surface area is 177 Å². The summed E-state index contributed by atoms with van der Waals surface area (Å²) in [6.07, 6.45) is 1.23. The molecule has 0 radical (unpaired) electrons. The number of hydrogen-bond donors (Lipinski definition) is 1. The van der Waals surface area contributed by atoms with Crippen LogP contribution in [0.5, 0.6) is 0 Å². The van der Waals surface area contributed by atoms with E-state index in [-0.39, 0.29) is 14.9 Å². The maximum Gasteiger partial charge on any atom is 0.291 e. The number of nitrogens with zero attached hydrogens (tertiary/aromatic N) is 3. The van der Waals surface area contributed by atoms with Gasteiger partial charge in [0.25, 0.3) is 5.56 Å². The first-order valence-corrected chi connectivity index (χ1v) is 10.5. The summed E-state index contributed by atoms with van der Waals surface area (Å²) in [7, 11) is -3.82. The van der Waals surface area contributed by atoms with E-state index in [1.54, 1.807) is 31.2 Å². The van der Waals surface area contributed by atoms with Crippen molar-refractivity contribution in [3.8, 4) is 11.8 Å². The Morgan fingerprint density at radius 2 is 1.72 bits per heavy atom. The molecule has 0 fully saturated rings. The van der Waals surface area contributed by atoms with E-state index in [2.05, 4.69) is 9.82 Å². The van der Waals surface area contributed by atoms with Crippen molar-refractivity contribution in [2.24, 2.45) is 0 Å². The third-order valence-electron chi connectivity index (χ3n) is 4.14. The molecule has 10 heteroatoms. The number of benzene rings is 2. The van der Waals surface area contributed by atoms with E-state index in [9.17, 15) is 13.2 Å². The third-order valence-corrected chi connectivity index (χ3v) is 6.44. The van der Waals surface area contributed by atoms with Gasteiger partial charge in [0.1, 0.15) is 5.02 Å². The predicted octanol–water partition coefficient (Wildman–Crippen LogP) is 3.45. The SMILES string of the molecule is CC(NS(=O)(=O)c1ccc(-n2ncc(Cl)c(Cl)c2=O)cc1)c1ccc(C#N)cc1. The average Bonchev–Trinajstić information content (AvgIpc) is 2.72. The van der Waals surface area contributed by atoms with Crippen molar-refractivity contribution in [2.75, 3.05) is 0 Å². The predicted molar refractivity (Wildman–Crippen MR) is 110 cm³/mol. The summed E-state index contributed by atoms with van der Waals surface area (Å²) in [5.74, 6) is 0. The molecule has 3 rings (SSSR count). The van der Waals surface area contributed by atoms with Crippen molar-refractivity contribution in [3.05, 3.63) is 86.3 Å². The Bertz CT molecular complexity index is 1250. The molecule has 29 heavy (non-hydrogen) atoms. The Kier molecular flexibility index (Phi) is 6.05. The van der Waals surface area contributed by atoms with Crippen LogP contribution in [0, 0.1) is 11.3 Å². The molecule has 0 spiro atoms. The summed E-state index contributed by atoms with van der Waals surface area (Å²) in [6.45, 7) is 1.70. The van der Waals surface area contributed by atoms with Crippen LogP contribution in [0.2, 0.25) is 10.0 Å². The lowest BCUT2D eigenvalue weighted by atomic mass is 10.1. The van der Waals surface area contributed by atoms with E-state index in [0.717, 1.165) is 10.2 Å². The molecule has 148 valence electrons. The molecule has 0 aliphatic carbocycles. The van der Waals surface area contributed by atoms with E-state index < -0.39 is 21.6 Å². The quantitative estimate of drug-likeness (QED) is 0.643. The van der Waals surface area contributed by atoms with E-state index in [1.165, 1.54) is 30.5 Å². The average molecular weight is 449 g/mol. The number of rotatable bonds is 5. The maximum atomic E-state index is 12.7. The van der Waals surface area contributed by atoms with Gasteiger partial charge in [-0.3, -0.25) is 4.79 Å². The fraction of sp³-hybridized carbons (Fsp3) is 0.105.